The van der Waals surface area contributed by atoms with Gasteiger partial charge in [-0.2, -0.15) is 0 Å². The molecular weight excluding hydrogens is 172 g/mol. The van der Waals surface area contributed by atoms with Gasteiger partial charge in [0.2, 0.25) is 0 Å². The number of halogens is 3. The maximum atomic E-state index is 5.15. The van der Waals surface area contributed by atoms with Crippen molar-refractivity contribution < 1.29 is 4.84 Å². The Morgan fingerprint density at radius 3 is 2.25 bits per heavy atom. The summed E-state index contributed by atoms with van der Waals surface area (Å²) in [5, 5.41) is 0. The Bertz CT molecular complexity index is 70.9. The highest BCUT2D eigenvalue weighted by Crippen LogP contribution is 2.04. The Hall–Kier alpha value is 0.530. The first-order valence-corrected chi connectivity index (χ1v) is 2.36. The second kappa shape index (κ2) is 7.53. The summed E-state index contributed by atoms with van der Waals surface area (Å²) < 4.78 is 0.172. The molecule has 0 aliphatic carbocycles. The average Bonchev–Trinajstić information content (AvgIpc) is 1.61. The lowest BCUT2D eigenvalue weighted by Crippen LogP contribution is -1.96. The zero-order valence-corrected chi connectivity index (χ0v) is 6.26. The van der Waals surface area contributed by atoms with Crippen LogP contribution in [0.15, 0.2) is 10.6 Å². The van der Waals surface area contributed by atoms with E-state index < -0.39 is 0 Å². The fraction of sp³-hybridized carbons (Fsp3) is 0.333. The van der Waals surface area contributed by atoms with Crippen molar-refractivity contribution in [1.82, 2.24) is 0 Å². The smallest absolute Gasteiger partial charge is 0.105 e. The minimum Gasteiger partial charge on any atom is -0.300 e. The molecular formula is C3H6Cl3NO. The first kappa shape index (κ1) is 11.3. The number of hydrogen-bond acceptors (Lipinski definition) is 2. The van der Waals surface area contributed by atoms with E-state index in [1.54, 1.807) is 0 Å². The van der Waals surface area contributed by atoms with Gasteiger partial charge in [0.25, 0.3) is 0 Å². The van der Waals surface area contributed by atoms with E-state index in [2.05, 4.69) is 10.7 Å². The fourth-order valence-electron chi connectivity index (χ4n) is 0.111. The molecule has 0 aromatic rings. The van der Waals surface area contributed by atoms with Crippen molar-refractivity contribution in [2.75, 3.05) is 6.61 Å². The maximum Gasteiger partial charge on any atom is 0.105 e. The van der Waals surface area contributed by atoms with Crippen LogP contribution in [-0.2, 0) is 4.84 Å². The van der Waals surface area contributed by atoms with Crippen LogP contribution in [0.3, 0.4) is 0 Å². The van der Waals surface area contributed by atoms with E-state index >= 15 is 0 Å². The van der Waals surface area contributed by atoms with Crippen LogP contribution < -0.4 is 5.90 Å². The summed E-state index contributed by atoms with van der Waals surface area (Å²) in [6.45, 7) is 0.252. The van der Waals surface area contributed by atoms with Crippen molar-refractivity contribution in [2.45, 2.75) is 0 Å². The van der Waals surface area contributed by atoms with Gasteiger partial charge in [0, 0.05) is 0 Å². The Morgan fingerprint density at radius 2 is 2.12 bits per heavy atom. The van der Waals surface area contributed by atoms with Gasteiger partial charge < -0.3 is 4.84 Å². The normalized spacial score (nSPS) is 7.38. The van der Waals surface area contributed by atoms with Gasteiger partial charge in [-0.25, -0.2) is 5.90 Å². The van der Waals surface area contributed by atoms with E-state index in [-0.39, 0.29) is 23.5 Å². The molecule has 0 amide bonds. The third-order valence-electron chi connectivity index (χ3n) is 0.334. The Morgan fingerprint density at radius 1 is 1.62 bits per heavy atom. The molecule has 2 N–H and O–H groups in total. The third-order valence-corrected chi connectivity index (χ3v) is 0.642. The van der Waals surface area contributed by atoms with E-state index in [9.17, 15) is 0 Å². The van der Waals surface area contributed by atoms with Gasteiger partial charge in [-0.3, -0.25) is 0 Å². The fourth-order valence-corrected chi connectivity index (χ4v) is 0.237. The third kappa shape index (κ3) is 9.73. The van der Waals surface area contributed by atoms with Gasteiger partial charge in [0.15, 0.2) is 0 Å². The van der Waals surface area contributed by atoms with E-state index in [1.807, 2.05) is 0 Å². The molecule has 8 heavy (non-hydrogen) atoms. The first-order valence-electron chi connectivity index (χ1n) is 1.60. The van der Waals surface area contributed by atoms with Crippen molar-refractivity contribution >= 4 is 35.6 Å². The summed E-state index contributed by atoms with van der Waals surface area (Å²) in [6, 6.07) is 0. The lowest BCUT2D eigenvalue weighted by Gasteiger charge is -1.84. The van der Waals surface area contributed by atoms with Crippen LogP contribution in [0.4, 0.5) is 0 Å². The molecule has 50 valence electrons. The second-order valence-corrected chi connectivity index (χ2v) is 1.83. The van der Waals surface area contributed by atoms with E-state index in [0.29, 0.717) is 0 Å². The zero-order chi connectivity index (χ0) is 5.70. The monoisotopic (exact) mass is 177 g/mol. The van der Waals surface area contributed by atoms with E-state index in [4.69, 9.17) is 23.2 Å². The van der Waals surface area contributed by atoms with Crippen LogP contribution in [0.25, 0.3) is 0 Å². The lowest BCUT2D eigenvalue weighted by molar-refractivity contribution is 0.168. The highest BCUT2D eigenvalue weighted by atomic mass is 35.5. The number of rotatable bonds is 2. The molecule has 0 aromatic heterocycles. The van der Waals surface area contributed by atoms with Crippen LogP contribution in [0, 0.1) is 0 Å². The first-order chi connectivity index (χ1) is 3.27. The molecule has 0 aliphatic rings. The summed E-state index contributed by atoms with van der Waals surface area (Å²) in [6.07, 6.45) is 1.45. The van der Waals surface area contributed by atoms with Crippen LogP contribution in [0.5, 0.6) is 0 Å². The minimum atomic E-state index is 0. The van der Waals surface area contributed by atoms with Gasteiger partial charge in [-0.15, -0.1) is 12.4 Å². The van der Waals surface area contributed by atoms with Crippen molar-refractivity contribution in [2.24, 2.45) is 5.90 Å². The second-order valence-electron chi connectivity index (χ2n) is 0.827. The van der Waals surface area contributed by atoms with Crippen molar-refractivity contribution in [3.63, 3.8) is 0 Å². The highest BCUT2D eigenvalue weighted by molar-refractivity contribution is 6.55. The van der Waals surface area contributed by atoms with Gasteiger partial charge in [-0.05, 0) is 6.08 Å². The van der Waals surface area contributed by atoms with Crippen molar-refractivity contribution in [3.8, 4) is 0 Å². The largest absolute Gasteiger partial charge is 0.300 e. The molecule has 0 saturated heterocycles. The SMILES string of the molecule is Cl.NOCC=C(Cl)Cl. The Kier molecular flexibility index (Phi) is 10.7. The molecule has 0 unspecified atom stereocenters. The van der Waals surface area contributed by atoms with Crippen molar-refractivity contribution in [3.05, 3.63) is 10.6 Å². The average molecular weight is 178 g/mol. The molecule has 0 rings (SSSR count). The molecule has 5 heteroatoms. The van der Waals surface area contributed by atoms with Gasteiger partial charge in [0.1, 0.15) is 4.49 Å². The molecule has 0 bridgehead atoms. The summed E-state index contributed by atoms with van der Waals surface area (Å²) in [4.78, 5) is 4.11. The quantitative estimate of drug-likeness (QED) is 0.652. The Labute approximate surface area is 63.9 Å². The predicted molar refractivity (Wildman–Crippen MR) is 37.2 cm³/mol. The van der Waals surface area contributed by atoms with Gasteiger partial charge >= 0.3 is 0 Å². The van der Waals surface area contributed by atoms with E-state index in [1.165, 1.54) is 6.08 Å². The lowest BCUT2D eigenvalue weighted by atomic mass is 10.7. The molecule has 0 saturated carbocycles. The summed E-state index contributed by atoms with van der Waals surface area (Å²) in [7, 11) is 0. The molecule has 0 aliphatic heterocycles. The molecule has 0 spiro atoms. The highest BCUT2D eigenvalue weighted by Gasteiger charge is 1.78. The summed E-state index contributed by atoms with van der Waals surface area (Å²) in [5.74, 6) is 4.61. The van der Waals surface area contributed by atoms with Crippen LogP contribution in [0.1, 0.15) is 0 Å². The molecule has 0 atom stereocenters. The Balaban J connectivity index is 0. The molecule has 0 heterocycles. The van der Waals surface area contributed by atoms with Crippen LogP contribution >= 0.6 is 35.6 Å². The summed E-state index contributed by atoms with van der Waals surface area (Å²) >= 11 is 10.3. The standard InChI is InChI=1S/C3H5Cl2NO.ClH/c4-3(5)1-2-7-6;/h1H,2,6H2;1H. The van der Waals surface area contributed by atoms with Crippen LogP contribution in [0.2, 0.25) is 0 Å². The van der Waals surface area contributed by atoms with Crippen LogP contribution in [-0.4, -0.2) is 6.61 Å². The zero-order valence-electron chi connectivity index (χ0n) is 3.93. The topological polar surface area (TPSA) is 35.2 Å². The van der Waals surface area contributed by atoms with Gasteiger partial charge in [-0.1, -0.05) is 23.2 Å². The molecule has 0 aromatic carbocycles. The molecule has 0 radical (unpaired) electrons. The maximum absolute atomic E-state index is 5.15. The van der Waals surface area contributed by atoms with Gasteiger partial charge in [0.05, 0.1) is 6.61 Å². The predicted octanol–water partition coefficient (Wildman–Crippen LogP) is 1.62. The minimum absolute atomic E-state index is 0. The summed E-state index contributed by atoms with van der Waals surface area (Å²) in [5.41, 5.74) is 0. The van der Waals surface area contributed by atoms with E-state index in [0.717, 1.165) is 0 Å². The number of hydrogen-bond donors (Lipinski definition) is 1. The molecule has 2 nitrogen and oxygen atoms in total. The number of nitrogens with two attached hydrogens (primary N) is 1. The molecule has 0 fully saturated rings. The van der Waals surface area contributed by atoms with Crippen molar-refractivity contribution in [1.29, 1.82) is 0 Å².